The van der Waals surface area contributed by atoms with Gasteiger partial charge in [0.1, 0.15) is 17.5 Å². The van der Waals surface area contributed by atoms with Crippen LogP contribution in [0.5, 0.6) is 0 Å². The first kappa shape index (κ1) is 20.8. The van der Waals surface area contributed by atoms with E-state index in [-0.39, 0.29) is 17.6 Å². The summed E-state index contributed by atoms with van der Waals surface area (Å²) in [5, 5.41) is 4.67. The van der Waals surface area contributed by atoms with Gasteiger partial charge < -0.3 is 4.90 Å². The van der Waals surface area contributed by atoms with E-state index in [0.29, 0.717) is 40.8 Å². The fraction of sp³-hybridized carbons (Fsp3) is 0.280. The summed E-state index contributed by atoms with van der Waals surface area (Å²) in [7, 11) is 1.73. The molecule has 0 saturated carbocycles. The van der Waals surface area contributed by atoms with Gasteiger partial charge in [0, 0.05) is 48.7 Å². The summed E-state index contributed by atoms with van der Waals surface area (Å²) in [6.07, 6.45) is 5.80. The number of nitrogens with zero attached hydrogens (tertiary/aromatic N) is 5. The van der Waals surface area contributed by atoms with Gasteiger partial charge in [-0.15, -0.1) is 0 Å². The summed E-state index contributed by atoms with van der Waals surface area (Å²) in [6, 6.07) is 5.59. The minimum absolute atomic E-state index is 0.0447. The highest BCUT2D eigenvalue weighted by molar-refractivity contribution is 5.98. The lowest BCUT2D eigenvalue weighted by atomic mass is 9.81. The number of carbonyl (C=O) groups excluding carboxylic acids is 1. The van der Waals surface area contributed by atoms with Gasteiger partial charge in [0.2, 0.25) is 0 Å². The number of aromatic nitrogens is 4. The zero-order valence-electron chi connectivity index (χ0n) is 18.3. The zero-order valence-corrected chi connectivity index (χ0v) is 18.3. The molecule has 2 aliphatic rings. The van der Waals surface area contributed by atoms with Crippen LogP contribution in [-0.4, -0.2) is 36.6 Å². The molecule has 6 rings (SSSR count). The van der Waals surface area contributed by atoms with Gasteiger partial charge in [0.15, 0.2) is 0 Å². The molecule has 0 spiro atoms. The number of halogens is 3. The summed E-state index contributed by atoms with van der Waals surface area (Å²) in [6.45, 7) is 0. The first-order valence-electron chi connectivity index (χ1n) is 11.2. The number of rotatable bonds is 2. The fourth-order valence-electron chi connectivity index (χ4n) is 5.49. The number of fused-ring (bicyclic) bond motifs is 5. The average Bonchev–Trinajstić information content (AvgIpc) is 3.12. The van der Waals surface area contributed by atoms with Crippen molar-refractivity contribution in [2.45, 2.75) is 37.8 Å². The van der Waals surface area contributed by atoms with Crippen molar-refractivity contribution in [1.82, 2.24) is 24.6 Å². The molecule has 2 aromatic heterocycles. The maximum Gasteiger partial charge on any atom is 0.257 e. The summed E-state index contributed by atoms with van der Waals surface area (Å²) < 4.78 is 44.5. The molecule has 2 aliphatic heterocycles. The third-order valence-corrected chi connectivity index (χ3v) is 6.83. The summed E-state index contributed by atoms with van der Waals surface area (Å²) in [5.74, 6) is -2.37. The van der Waals surface area contributed by atoms with Crippen LogP contribution in [0.2, 0.25) is 0 Å². The largest absolute Gasteiger partial charge is 0.327 e. The first-order valence-corrected chi connectivity index (χ1v) is 11.2. The standard InChI is InChI=1S/C25H20F3N5O/c1-32-24(13-7-14(26)9-15(27)8-13)18-10-16-3-2-4-22(23(18)31-32)33(16)25(34)17-11-20-21(12-19(17)28)30-6-5-29-20/h5-9,11-12,16,22H,2-4,10H2,1H3/t16-,22+/m1/s1. The van der Waals surface area contributed by atoms with Crippen molar-refractivity contribution in [2.75, 3.05) is 0 Å². The Labute approximate surface area is 193 Å². The number of aryl methyl sites for hydroxylation is 1. The Hall–Kier alpha value is -3.75. The van der Waals surface area contributed by atoms with Crippen LogP contribution in [-0.2, 0) is 13.5 Å². The molecule has 1 saturated heterocycles. The van der Waals surface area contributed by atoms with Crippen LogP contribution < -0.4 is 0 Å². The molecule has 4 heterocycles. The zero-order chi connectivity index (χ0) is 23.6. The molecule has 2 aromatic carbocycles. The SMILES string of the molecule is Cn1nc2c(c1-c1cc(F)cc(F)c1)C[C@H]1CCC[C@@H]2N1C(=O)c1cc2nccnc2cc1F. The number of hydrogen-bond acceptors (Lipinski definition) is 4. The van der Waals surface area contributed by atoms with Gasteiger partial charge in [0.05, 0.1) is 34.0 Å². The Morgan fingerprint density at radius 3 is 2.41 bits per heavy atom. The Kier molecular flexibility index (Phi) is 4.68. The average molecular weight is 463 g/mol. The second kappa shape index (κ2) is 7.65. The van der Waals surface area contributed by atoms with Gasteiger partial charge in [0.25, 0.3) is 5.91 Å². The maximum absolute atomic E-state index is 15.0. The molecular formula is C25H20F3N5O. The van der Waals surface area contributed by atoms with E-state index in [1.165, 1.54) is 36.7 Å². The molecule has 4 aromatic rings. The molecule has 0 unspecified atom stereocenters. The van der Waals surface area contributed by atoms with Gasteiger partial charge in [-0.3, -0.25) is 19.4 Å². The van der Waals surface area contributed by atoms with Crippen molar-refractivity contribution in [3.8, 4) is 11.3 Å². The minimum Gasteiger partial charge on any atom is -0.327 e. The van der Waals surface area contributed by atoms with E-state index in [9.17, 15) is 18.0 Å². The fourth-order valence-corrected chi connectivity index (χ4v) is 5.49. The molecule has 34 heavy (non-hydrogen) atoms. The van der Waals surface area contributed by atoms with Crippen LogP contribution in [0.4, 0.5) is 13.2 Å². The van der Waals surface area contributed by atoms with Crippen LogP contribution in [0.15, 0.2) is 42.7 Å². The first-order chi connectivity index (χ1) is 16.4. The van der Waals surface area contributed by atoms with E-state index in [0.717, 1.165) is 24.5 Å². The third kappa shape index (κ3) is 3.18. The molecule has 2 atom stereocenters. The predicted molar refractivity (Wildman–Crippen MR) is 118 cm³/mol. The van der Waals surface area contributed by atoms with Crippen molar-refractivity contribution in [3.05, 3.63) is 77.0 Å². The monoisotopic (exact) mass is 463 g/mol. The molecular weight excluding hydrogens is 443 g/mol. The van der Waals surface area contributed by atoms with Gasteiger partial charge in [-0.1, -0.05) is 0 Å². The topological polar surface area (TPSA) is 63.9 Å². The van der Waals surface area contributed by atoms with Crippen molar-refractivity contribution in [1.29, 1.82) is 0 Å². The van der Waals surface area contributed by atoms with Gasteiger partial charge >= 0.3 is 0 Å². The van der Waals surface area contributed by atoms with Crippen LogP contribution in [0.3, 0.4) is 0 Å². The van der Waals surface area contributed by atoms with Gasteiger partial charge in [-0.2, -0.15) is 5.10 Å². The second-order valence-corrected chi connectivity index (χ2v) is 8.89. The van der Waals surface area contributed by atoms with Crippen molar-refractivity contribution < 1.29 is 18.0 Å². The van der Waals surface area contributed by atoms with Crippen LogP contribution in [0.25, 0.3) is 22.3 Å². The summed E-state index contributed by atoms with van der Waals surface area (Å²) >= 11 is 0. The van der Waals surface area contributed by atoms with E-state index < -0.39 is 23.4 Å². The van der Waals surface area contributed by atoms with Gasteiger partial charge in [-0.25, -0.2) is 13.2 Å². The lowest BCUT2D eigenvalue weighted by molar-refractivity contribution is 0.0387. The second-order valence-electron chi connectivity index (χ2n) is 8.89. The van der Waals surface area contributed by atoms with Gasteiger partial charge in [-0.05, 0) is 43.9 Å². The maximum atomic E-state index is 15.0. The highest BCUT2D eigenvalue weighted by Gasteiger charge is 2.44. The van der Waals surface area contributed by atoms with E-state index >= 15 is 0 Å². The number of benzene rings is 2. The van der Waals surface area contributed by atoms with Crippen LogP contribution >= 0.6 is 0 Å². The van der Waals surface area contributed by atoms with Crippen molar-refractivity contribution >= 4 is 16.9 Å². The normalized spacial score (nSPS) is 19.4. The number of carbonyl (C=O) groups is 1. The smallest absolute Gasteiger partial charge is 0.257 e. The molecule has 172 valence electrons. The van der Waals surface area contributed by atoms with Crippen molar-refractivity contribution in [3.63, 3.8) is 0 Å². The predicted octanol–water partition coefficient (Wildman–Crippen LogP) is 4.74. The quantitative estimate of drug-likeness (QED) is 0.431. The highest BCUT2D eigenvalue weighted by atomic mass is 19.1. The Balaban J connectivity index is 1.44. The molecule has 1 amide bonds. The minimum atomic E-state index is -0.660. The van der Waals surface area contributed by atoms with Crippen LogP contribution in [0, 0.1) is 17.5 Å². The van der Waals surface area contributed by atoms with Crippen molar-refractivity contribution in [2.24, 2.45) is 7.05 Å². The molecule has 9 heteroatoms. The van der Waals surface area contributed by atoms with Crippen LogP contribution in [0.1, 0.15) is 46.9 Å². The Bertz CT molecular complexity index is 1450. The number of hydrogen-bond donors (Lipinski definition) is 0. The lowest BCUT2D eigenvalue weighted by Crippen LogP contribution is -2.50. The Morgan fingerprint density at radius 1 is 0.971 bits per heavy atom. The molecule has 1 fully saturated rings. The number of amides is 1. The summed E-state index contributed by atoms with van der Waals surface area (Å²) in [4.78, 5) is 23.7. The number of piperidine rings is 1. The molecule has 0 N–H and O–H groups in total. The lowest BCUT2D eigenvalue weighted by Gasteiger charge is -2.45. The molecule has 2 bridgehead atoms. The van der Waals surface area contributed by atoms with E-state index in [4.69, 9.17) is 0 Å². The van der Waals surface area contributed by atoms with E-state index in [1.54, 1.807) is 16.6 Å². The summed E-state index contributed by atoms with van der Waals surface area (Å²) in [5.41, 5.74) is 3.42. The molecule has 0 aliphatic carbocycles. The highest BCUT2D eigenvalue weighted by Crippen LogP contribution is 2.45. The van der Waals surface area contributed by atoms with E-state index in [1.807, 2.05) is 0 Å². The van der Waals surface area contributed by atoms with E-state index in [2.05, 4.69) is 15.1 Å². The molecule has 0 radical (unpaired) electrons. The third-order valence-electron chi connectivity index (χ3n) is 6.83. The Morgan fingerprint density at radius 2 is 1.68 bits per heavy atom. The molecule has 6 nitrogen and oxygen atoms in total.